The summed E-state index contributed by atoms with van der Waals surface area (Å²) in [5, 5.41) is 4.19. The number of amides is 1. The number of hydrogen-bond donors (Lipinski definition) is 1. The molecule has 3 aliphatic rings. The van der Waals surface area contributed by atoms with E-state index in [4.69, 9.17) is 0 Å². The highest BCUT2D eigenvalue weighted by Crippen LogP contribution is 2.54. The number of rotatable bonds is 4. The summed E-state index contributed by atoms with van der Waals surface area (Å²) in [5.41, 5.74) is 5.59. The van der Waals surface area contributed by atoms with Crippen molar-refractivity contribution in [3.63, 3.8) is 0 Å². The summed E-state index contributed by atoms with van der Waals surface area (Å²) in [6, 6.07) is 14.5. The molecule has 2 aromatic carbocycles. The van der Waals surface area contributed by atoms with Gasteiger partial charge < -0.3 is 10.2 Å². The van der Waals surface area contributed by atoms with Gasteiger partial charge in [-0.05, 0) is 108 Å². The molecular weight excluding hydrogens is 497 g/mol. The van der Waals surface area contributed by atoms with Crippen LogP contribution in [0.2, 0.25) is 0 Å². The fourth-order valence-electron chi connectivity index (χ4n) is 4.99. The molecule has 0 radical (unpaired) electrons. The van der Waals surface area contributed by atoms with Gasteiger partial charge in [-0.2, -0.15) is 0 Å². The highest BCUT2D eigenvalue weighted by Gasteiger charge is 2.44. The molecule has 1 spiro atoms. The molecule has 1 aromatic heterocycles. The Morgan fingerprint density at radius 2 is 1.84 bits per heavy atom. The SMILES string of the molecule is O=C(Nc1ccnc2cc(C3CC3)ccc12)c1ccc(I)cc1N1CCC2(CC1)CC2. The molecule has 31 heavy (non-hydrogen) atoms. The minimum absolute atomic E-state index is 0.0446. The number of piperidine rings is 1. The first kappa shape index (κ1) is 19.5. The summed E-state index contributed by atoms with van der Waals surface area (Å²) in [4.78, 5) is 20.4. The van der Waals surface area contributed by atoms with E-state index in [1.165, 1.54) is 44.1 Å². The zero-order valence-electron chi connectivity index (χ0n) is 17.5. The first-order chi connectivity index (χ1) is 15.1. The summed E-state index contributed by atoms with van der Waals surface area (Å²) in [6.45, 7) is 2.09. The number of anilines is 2. The Hall–Kier alpha value is -2.15. The van der Waals surface area contributed by atoms with Crippen LogP contribution in [-0.4, -0.2) is 24.0 Å². The van der Waals surface area contributed by atoms with Crippen molar-refractivity contribution in [1.29, 1.82) is 0 Å². The van der Waals surface area contributed by atoms with Gasteiger partial charge in [0, 0.05) is 28.2 Å². The Morgan fingerprint density at radius 1 is 1.03 bits per heavy atom. The molecule has 6 rings (SSSR count). The fraction of sp³-hybridized carbons (Fsp3) is 0.385. The van der Waals surface area contributed by atoms with Crippen molar-refractivity contribution < 1.29 is 4.79 Å². The second-order valence-corrected chi connectivity index (χ2v) is 10.8. The average Bonchev–Trinajstić information content (AvgIpc) is 3.71. The predicted octanol–water partition coefficient (Wildman–Crippen LogP) is 6.35. The van der Waals surface area contributed by atoms with Gasteiger partial charge in [0.1, 0.15) is 0 Å². The molecule has 158 valence electrons. The van der Waals surface area contributed by atoms with E-state index >= 15 is 0 Å². The second-order valence-electron chi connectivity index (χ2n) is 9.51. The Morgan fingerprint density at radius 3 is 2.58 bits per heavy atom. The largest absolute Gasteiger partial charge is 0.371 e. The maximum atomic E-state index is 13.4. The van der Waals surface area contributed by atoms with E-state index < -0.39 is 0 Å². The average molecular weight is 523 g/mol. The van der Waals surface area contributed by atoms with Gasteiger partial charge in [-0.3, -0.25) is 9.78 Å². The lowest BCUT2D eigenvalue weighted by atomic mass is 9.93. The molecule has 0 atom stereocenters. The first-order valence-corrected chi connectivity index (χ1v) is 12.4. The number of carbonyl (C=O) groups is 1. The van der Waals surface area contributed by atoms with Crippen LogP contribution >= 0.6 is 22.6 Å². The number of nitrogens with one attached hydrogen (secondary N) is 1. The molecule has 2 aliphatic carbocycles. The van der Waals surface area contributed by atoms with Crippen LogP contribution in [0.5, 0.6) is 0 Å². The number of hydrogen-bond acceptors (Lipinski definition) is 3. The Balaban J connectivity index is 1.29. The molecule has 3 aromatic rings. The van der Waals surface area contributed by atoms with Crippen molar-refractivity contribution in [2.75, 3.05) is 23.3 Å². The third kappa shape index (κ3) is 3.81. The molecule has 3 fully saturated rings. The second kappa shape index (κ2) is 7.47. The number of halogens is 1. The zero-order chi connectivity index (χ0) is 21.0. The van der Waals surface area contributed by atoms with Crippen molar-refractivity contribution in [3.05, 3.63) is 63.4 Å². The quantitative estimate of drug-likeness (QED) is 0.406. The molecule has 1 aliphatic heterocycles. The van der Waals surface area contributed by atoms with Gasteiger partial charge in [-0.25, -0.2) is 0 Å². The number of benzene rings is 2. The van der Waals surface area contributed by atoms with Gasteiger partial charge >= 0.3 is 0 Å². The lowest BCUT2D eigenvalue weighted by Crippen LogP contribution is -2.35. The van der Waals surface area contributed by atoms with Gasteiger partial charge in [0.2, 0.25) is 0 Å². The third-order valence-corrected chi connectivity index (χ3v) is 8.06. The molecule has 4 nitrogen and oxygen atoms in total. The lowest BCUT2D eigenvalue weighted by Gasteiger charge is -2.35. The smallest absolute Gasteiger partial charge is 0.257 e. The van der Waals surface area contributed by atoms with Crippen molar-refractivity contribution in [3.8, 4) is 0 Å². The standard InChI is InChI=1S/C26H26IN3O/c27-19-4-6-21(24(16-19)30-13-10-26(8-9-26)11-14-30)25(31)29-22-7-12-28-23-15-18(17-1-2-17)3-5-20(22)23/h3-7,12,15-17H,1-2,8-11,13-14H2,(H,28,29,31). The van der Waals surface area contributed by atoms with Gasteiger partial charge in [0.15, 0.2) is 0 Å². The highest BCUT2D eigenvalue weighted by molar-refractivity contribution is 14.1. The number of nitrogens with zero attached hydrogens (tertiary/aromatic N) is 2. The molecule has 1 N–H and O–H groups in total. The first-order valence-electron chi connectivity index (χ1n) is 11.3. The summed E-state index contributed by atoms with van der Waals surface area (Å²) >= 11 is 2.34. The zero-order valence-corrected chi connectivity index (χ0v) is 19.7. The van der Waals surface area contributed by atoms with Crippen LogP contribution in [0.25, 0.3) is 10.9 Å². The van der Waals surface area contributed by atoms with E-state index in [1.807, 2.05) is 18.2 Å². The topological polar surface area (TPSA) is 45.2 Å². The van der Waals surface area contributed by atoms with Crippen LogP contribution in [0, 0.1) is 8.99 Å². The maximum absolute atomic E-state index is 13.4. The van der Waals surface area contributed by atoms with E-state index in [2.05, 4.69) is 62.1 Å². The Bertz CT molecular complexity index is 1170. The van der Waals surface area contributed by atoms with Crippen LogP contribution in [0.1, 0.15) is 60.4 Å². The molecule has 2 heterocycles. The predicted molar refractivity (Wildman–Crippen MR) is 134 cm³/mol. The monoisotopic (exact) mass is 523 g/mol. The van der Waals surface area contributed by atoms with Crippen LogP contribution < -0.4 is 10.2 Å². The molecule has 2 saturated carbocycles. The summed E-state index contributed by atoms with van der Waals surface area (Å²) < 4.78 is 1.16. The van der Waals surface area contributed by atoms with E-state index in [0.717, 1.165) is 44.5 Å². The fourth-order valence-corrected chi connectivity index (χ4v) is 5.47. The van der Waals surface area contributed by atoms with Gasteiger partial charge in [-0.1, -0.05) is 12.1 Å². The van der Waals surface area contributed by atoms with E-state index in [1.54, 1.807) is 6.20 Å². The normalized spacial score (nSPS) is 19.6. The van der Waals surface area contributed by atoms with Crippen molar-refractivity contribution >= 4 is 50.8 Å². The van der Waals surface area contributed by atoms with Gasteiger partial charge in [0.25, 0.3) is 5.91 Å². The number of carbonyl (C=O) groups excluding carboxylic acids is 1. The molecule has 5 heteroatoms. The molecule has 0 bridgehead atoms. The number of pyridine rings is 1. The summed E-state index contributed by atoms with van der Waals surface area (Å²) in [6.07, 6.45) is 9.61. The van der Waals surface area contributed by atoms with Crippen LogP contribution in [0.4, 0.5) is 11.4 Å². The summed E-state index contributed by atoms with van der Waals surface area (Å²) in [7, 11) is 0. The van der Waals surface area contributed by atoms with E-state index in [0.29, 0.717) is 11.3 Å². The minimum Gasteiger partial charge on any atom is -0.371 e. The van der Waals surface area contributed by atoms with Crippen molar-refractivity contribution in [2.45, 2.75) is 44.4 Å². The van der Waals surface area contributed by atoms with Gasteiger partial charge in [0.05, 0.1) is 22.5 Å². The maximum Gasteiger partial charge on any atom is 0.257 e. The summed E-state index contributed by atoms with van der Waals surface area (Å²) in [5.74, 6) is 0.648. The number of fused-ring (bicyclic) bond motifs is 1. The van der Waals surface area contributed by atoms with Crippen LogP contribution in [0.15, 0.2) is 48.7 Å². The lowest BCUT2D eigenvalue weighted by molar-refractivity contribution is 0.102. The number of aromatic nitrogens is 1. The Labute approximate surface area is 196 Å². The van der Waals surface area contributed by atoms with E-state index in [-0.39, 0.29) is 5.91 Å². The van der Waals surface area contributed by atoms with E-state index in [9.17, 15) is 4.79 Å². The third-order valence-electron chi connectivity index (χ3n) is 7.39. The van der Waals surface area contributed by atoms with Crippen molar-refractivity contribution in [2.24, 2.45) is 5.41 Å². The molecule has 1 saturated heterocycles. The van der Waals surface area contributed by atoms with Crippen LogP contribution in [0.3, 0.4) is 0 Å². The molecular formula is C26H26IN3O. The Kier molecular flexibility index (Phi) is 4.70. The van der Waals surface area contributed by atoms with Crippen molar-refractivity contribution in [1.82, 2.24) is 4.98 Å². The highest BCUT2D eigenvalue weighted by atomic mass is 127. The van der Waals surface area contributed by atoms with Crippen LogP contribution in [-0.2, 0) is 0 Å². The molecule has 0 unspecified atom stereocenters. The molecule has 1 amide bonds. The van der Waals surface area contributed by atoms with Gasteiger partial charge in [-0.15, -0.1) is 0 Å². The minimum atomic E-state index is -0.0446.